The molecule has 6 nitrogen and oxygen atoms in total. The van der Waals surface area contributed by atoms with Gasteiger partial charge in [-0.3, -0.25) is 9.59 Å². The molecule has 0 aromatic rings. The fraction of sp³-hybridized carbons (Fsp3) is 0.922. The van der Waals surface area contributed by atoms with E-state index in [0.717, 1.165) is 77.0 Å². The lowest BCUT2D eigenvalue weighted by atomic mass is 10.0. The summed E-state index contributed by atoms with van der Waals surface area (Å²) in [6, 6.07) is -0.561. The van der Waals surface area contributed by atoms with Crippen molar-refractivity contribution in [3.63, 3.8) is 0 Å². The molecule has 0 aromatic carbocycles. The summed E-state index contributed by atoms with van der Waals surface area (Å²) in [7, 11) is 0. The van der Waals surface area contributed by atoms with Crippen LogP contribution in [-0.4, -0.2) is 47.4 Å². The van der Waals surface area contributed by atoms with Crippen molar-refractivity contribution in [3.8, 4) is 0 Å². The number of nitrogens with one attached hydrogen (secondary N) is 1. The van der Waals surface area contributed by atoms with Crippen LogP contribution in [0.15, 0.2) is 12.2 Å². The smallest absolute Gasteiger partial charge is 0.305 e. The molecule has 0 saturated heterocycles. The van der Waals surface area contributed by atoms with Gasteiger partial charge in [-0.1, -0.05) is 225 Å². The SMILES string of the molecule is CCCCCCCCCCCCCCCCCCC(O)C(CO)NC(=O)CCCCCCC/C=C\CCCCOC(=O)CCCCCCCCCCCCCCC. The van der Waals surface area contributed by atoms with Gasteiger partial charge in [-0.2, -0.15) is 0 Å². The number of aliphatic hydroxyl groups excluding tert-OH is 2. The summed E-state index contributed by atoms with van der Waals surface area (Å²) in [5, 5.41) is 23.2. The van der Waals surface area contributed by atoms with Gasteiger partial charge in [0, 0.05) is 12.8 Å². The minimum Gasteiger partial charge on any atom is -0.466 e. The van der Waals surface area contributed by atoms with Crippen LogP contribution in [0.4, 0.5) is 0 Å². The summed E-state index contributed by atoms with van der Waals surface area (Å²) >= 11 is 0. The molecule has 0 rings (SSSR count). The van der Waals surface area contributed by atoms with E-state index in [-0.39, 0.29) is 18.5 Å². The van der Waals surface area contributed by atoms with Gasteiger partial charge in [0.25, 0.3) is 0 Å². The molecule has 0 heterocycles. The molecule has 0 aliphatic heterocycles. The Morgan fingerprint density at radius 2 is 0.825 bits per heavy atom. The monoisotopic (exact) mass is 806 g/mol. The zero-order chi connectivity index (χ0) is 41.5. The predicted molar refractivity (Wildman–Crippen MR) is 246 cm³/mol. The summed E-state index contributed by atoms with van der Waals surface area (Å²) in [4.78, 5) is 24.4. The van der Waals surface area contributed by atoms with Crippen LogP contribution in [-0.2, 0) is 14.3 Å². The Balaban J connectivity index is 3.51. The third-order valence-corrected chi connectivity index (χ3v) is 11.8. The van der Waals surface area contributed by atoms with E-state index in [9.17, 15) is 19.8 Å². The highest BCUT2D eigenvalue weighted by Crippen LogP contribution is 2.16. The van der Waals surface area contributed by atoms with Gasteiger partial charge in [0.05, 0.1) is 25.4 Å². The van der Waals surface area contributed by atoms with E-state index in [1.54, 1.807) is 0 Å². The number of hydrogen-bond acceptors (Lipinski definition) is 5. The fourth-order valence-electron chi connectivity index (χ4n) is 7.87. The van der Waals surface area contributed by atoms with Crippen LogP contribution in [0.3, 0.4) is 0 Å². The lowest BCUT2D eigenvalue weighted by Gasteiger charge is -2.22. The maximum atomic E-state index is 12.4. The van der Waals surface area contributed by atoms with E-state index in [1.165, 1.54) is 167 Å². The van der Waals surface area contributed by atoms with E-state index in [1.807, 2.05) is 0 Å². The molecule has 0 radical (unpaired) electrons. The topological polar surface area (TPSA) is 95.9 Å². The van der Waals surface area contributed by atoms with Crippen molar-refractivity contribution in [3.05, 3.63) is 12.2 Å². The lowest BCUT2D eigenvalue weighted by molar-refractivity contribution is -0.143. The van der Waals surface area contributed by atoms with Crippen molar-refractivity contribution >= 4 is 11.9 Å². The second kappa shape index (κ2) is 47.3. The van der Waals surface area contributed by atoms with Gasteiger partial charge >= 0.3 is 5.97 Å². The first-order valence-corrected chi connectivity index (χ1v) is 25.4. The van der Waals surface area contributed by atoms with Crippen LogP contribution >= 0.6 is 0 Å². The van der Waals surface area contributed by atoms with Gasteiger partial charge < -0.3 is 20.3 Å². The van der Waals surface area contributed by atoms with Crippen LogP contribution < -0.4 is 5.32 Å². The highest BCUT2D eigenvalue weighted by atomic mass is 16.5. The first kappa shape index (κ1) is 55.6. The largest absolute Gasteiger partial charge is 0.466 e. The highest BCUT2D eigenvalue weighted by Gasteiger charge is 2.20. The molecule has 57 heavy (non-hydrogen) atoms. The number of ether oxygens (including phenoxy) is 1. The lowest BCUT2D eigenvalue weighted by Crippen LogP contribution is -2.45. The number of carbonyl (C=O) groups excluding carboxylic acids is 2. The maximum absolute atomic E-state index is 12.4. The van der Waals surface area contributed by atoms with Gasteiger partial charge in [-0.25, -0.2) is 0 Å². The number of aliphatic hydroxyl groups is 2. The zero-order valence-electron chi connectivity index (χ0n) is 38.3. The van der Waals surface area contributed by atoms with Crippen LogP contribution in [0.5, 0.6) is 0 Å². The molecule has 0 bridgehead atoms. The Bertz CT molecular complexity index is 847. The van der Waals surface area contributed by atoms with Crippen LogP contribution in [0.2, 0.25) is 0 Å². The average Bonchev–Trinajstić information content (AvgIpc) is 3.21. The first-order valence-electron chi connectivity index (χ1n) is 25.4. The third kappa shape index (κ3) is 44.0. The number of rotatable bonds is 47. The number of unbranched alkanes of at least 4 members (excludes halogenated alkanes) is 34. The Labute approximate surface area is 355 Å². The zero-order valence-corrected chi connectivity index (χ0v) is 38.3. The van der Waals surface area contributed by atoms with E-state index >= 15 is 0 Å². The number of allylic oxidation sites excluding steroid dienone is 2. The third-order valence-electron chi connectivity index (χ3n) is 11.8. The molecule has 3 N–H and O–H groups in total. The van der Waals surface area contributed by atoms with Crippen molar-refractivity contribution in [2.24, 2.45) is 0 Å². The molecule has 2 unspecified atom stereocenters. The molecule has 0 spiro atoms. The number of esters is 1. The van der Waals surface area contributed by atoms with Crippen molar-refractivity contribution in [1.29, 1.82) is 0 Å². The predicted octanol–water partition coefficient (Wildman–Crippen LogP) is 15.0. The maximum Gasteiger partial charge on any atom is 0.305 e. The van der Waals surface area contributed by atoms with Gasteiger partial charge in [0.2, 0.25) is 5.91 Å². The Kier molecular flexibility index (Phi) is 46.1. The minimum absolute atomic E-state index is 0.0294. The molecule has 6 heteroatoms. The van der Waals surface area contributed by atoms with E-state index < -0.39 is 12.1 Å². The standard InChI is InChI=1S/C51H99NO5/c1-3-5-7-9-11-13-15-17-18-19-21-23-27-31-35-39-43-49(54)48(47-53)52-50(55)44-40-36-32-28-24-22-26-30-34-38-42-46-57-51(56)45-41-37-33-29-25-20-16-14-12-10-8-6-4-2/h26,30,48-49,53-54H,3-25,27-29,31-47H2,1-2H3,(H,52,55)/b30-26-. The minimum atomic E-state index is -0.681. The van der Waals surface area contributed by atoms with Crippen LogP contribution in [0.25, 0.3) is 0 Å². The molecule has 0 saturated carbocycles. The van der Waals surface area contributed by atoms with Crippen LogP contribution in [0, 0.1) is 0 Å². The average molecular weight is 806 g/mol. The summed E-state index contributed by atoms with van der Waals surface area (Å²) < 4.78 is 5.43. The molecule has 0 aliphatic rings. The van der Waals surface area contributed by atoms with Gasteiger partial charge in [-0.15, -0.1) is 0 Å². The molecule has 338 valence electrons. The van der Waals surface area contributed by atoms with E-state index in [2.05, 4.69) is 31.3 Å². The number of hydrogen-bond donors (Lipinski definition) is 3. The summed E-state index contributed by atoms with van der Waals surface area (Å²) in [6.07, 6.45) is 53.2. The van der Waals surface area contributed by atoms with Crippen molar-refractivity contribution < 1.29 is 24.5 Å². The van der Waals surface area contributed by atoms with Gasteiger partial charge in [0.15, 0.2) is 0 Å². The second-order valence-electron chi connectivity index (χ2n) is 17.5. The summed E-state index contributed by atoms with van der Waals surface area (Å²) in [6.45, 7) is 4.88. The number of carbonyl (C=O) groups is 2. The van der Waals surface area contributed by atoms with Gasteiger partial charge in [0.1, 0.15) is 0 Å². The van der Waals surface area contributed by atoms with E-state index in [0.29, 0.717) is 25.9 Å². The molecular formula is C51H99NO5. The Hall–Kier alpha value is -1.40. The normalized spacial score (nSPS) is 12.7. The van der Waals surface area contributed by atoms with Crippen molar-refractivity contribution in [1.82, 2.24) is 5.32 Å². The summed E-state index contributed by atoms with van der Waals surface area (Å²) in [5.74, 6) is -0.0918. The fourth-order valence-corrected chi connectivity index (χ4v) is 7.87. The number of amides is 1. The Morgan fingerprint density at radius 1 is 0.474 bits per heavy atom. The van der Waals surface area contributed by atoms with Crippen molar-refractivity contribution in [2.75, 3.05) is 13.2 Å². The van der Waals surface area contributed by atoms with E-state index in [4.69, 9.17) is 4.74 Å². The van der Waals surface area contributed by atoms with Crippen LogP contribution in [0.1, 0.15) is 277 Å². The molecule has 0 aromatic heterocycles. The summed E-state index contributed by atoms with van der Waals surface area (Å²) in [5.41, 5.74) is 0. The van der Waals surface area contributed by atoms with Crippen molar-refractivity contribution in [2.45, 2.75) is 289 Å². The Morgan fingerprint density at radius 3 is 1.25 bits per heavy atom. The second-order valence-corrected chi connectivity index (χ2v) is 17.5. The molecule has 1 amide bonds. The first-order chi connectivity index (χ1) is 28.0. The molecular weight excluding hydrogens is 707 g/mol. The molecule has 0 aliphatic carbocycles. The molecule has 0 fully saturated rings. The molecule has 2 atom stereocenters. The highest BCUT2D eigenvalue weighted by molar-refractivity contribution is 5.76. The quantitative estimate of drug-likeness (QED) is 0.0323. The van der Waals surface area contributed by atoms with Gasteiger partial charge in [-0.05, 0) is 51.4 Å².